The lowest BCUT2D eigenvalue weighted by Gasteiger charge is -2.19. The van der Waals surface area contributed by atoms with E-state index < -0.39 is 65.0 Å². The standard InChI is InChI=1S/C22H31NO13S3/c1-15-22(2,3)19-17(21(25)36-9-6-12-39(32,33)34)13-16(20(24)35-8-5-11-38(29,30)31)14-18(19)23(15)7-4-10-37(26,27)28/h13-14H,4-12H2,1-3H3,(H2-,26,27,28,29,30,31,32,33,34)/p+1. The lowest BCUT2D eigenvalue weighted by Crippen LogP contribution is -2.28. The van der Waals surface area contributed by atoms with E-state index in [1.54, 1.807) is 25.3 Å². The van der Waals surface area contributed by atoms with Gasteiger partial charge in [0.15, 0.2) is 5.71 Å². The summed E-state index contributed by atoms with van der Waals surface area (Å²) in [6, 6.07) is 2.66. The summed E-state index contributed by atoms with van der Waals surface area (Å²) in [5.41, 5.74) is 0.599. The van der Waals surface area contributed by atoms with Crippen molar-refractivity contribution in [3.8, 4) is 0 Å². The zero-order chi connectivity index (χ0) is 29.8. The maximum Gasteiger partial charge on any atom is 0.338 e. The van der Waals surface area contributed by atoms with E-state index >= 15 is 0 Å². The Bertz CT molecular complexity index is 1470. The summed E-state index contributed by atoms with van der Waals surface area (Å²) in [6.45, 7) is 4.76. The number of ether oxygens (including phenoxy) is 2. The van der Waals surface area contributed by atoms with Crippen LogP contribution in [0.1, 0.15) is 66.3 Å². The van der Waals surface area contributed by atoms with Crippen LogP contribution in [0.3, 0.4) is 0 Å². The van der Waals surface area contributed by atoms with Gasteiger partial charge in [-0.15, -0.1) is 0 Å². The summed E-state index contributed by atoms with van der Waals surface area (Å²) < 4.78 is 105. The smallest absolute Gasteiger partial charge is 0.338 e. The molecule has 0 saturated heterocycles. The van der Waals surface area contributed by atoms with E-state index in [-0.39, 0.29) is 50.1 Å². The highest BCUT2D eigenvalue weighted by atomic mass is 32.2. The number of esters is 2. The number of carbonyl (C=O) groups is 2. The molecule has 0 aromatic heterocycles. The summed E-state index contributed by atoms with van der Waals surface area (Å²) in [6.07, 6.45) is -0.343. The normalized spacial score (nSPS) is 15.2. The van der Waals surface area contributed by atoms with Crippen molar-refractivity contribution >= 4 is 53.7 Å². The number of hydrogen-bond donors (Lipinski definition) is 3. The molecule has 3 N–H and O–H groups in total. The SMILES string of the molecule is CC1=[N+](CCCS(=O)(=O)O)c2cc(C(=O)OCCCS(=O)(=O)O)cc(C(=O)OCCCS(=O)(=O)O)c2C1(C)C. The zero-order valence-corrected chi connectivity index (χ0v) is 24.1. The van der Waals surface area contributed by atoms with Crippen LogP contribution in [0.2, 0.25) is 0 Å². The van der Waals surface area contributed by atoms with Crippen molar-refractivity contribution < 1.29 is 62.5 Å². The van der Waals surface area contributed by atoms with Crippen LogP contribution in [0, 0.1) is 0 Å². The Balaban J connectivity index is 2.45. The minimum absolute atomic E-state index is 0.0193. The van der Waals surface area contributed by atoms with E-state index in [2.05, 4.69) is 0 Å². The number of hydrogen-bond acceptors (Lipinski definition) is 10. The van der Waals surface area contributed by atoms with Gasteiger partial charge in [0.25, 0.3) is 30.4 Å². The van der Waals surface area contributed by atoms with Crippen LogP contribution in [0.4, 0.5) is 5.69 Å². The predicted octanol–water partition coefficient (Wildman–Crippen LogP) is 1.23. The number of nitrogens with zero attached hydrogens (tertiary/aromatic N) is 1. The Kier molecular flexibility index (Phi) is 10.4. The van der Waals surface area contributed by atoms with Crippen molar-refractivity contribution in [1.82, 2.24) is 0 Å². The second-order valence-electron chi connectivity index (χ2n) is 9.47. The summed E-state index contributed by atoms with van der Waals surface area (Å²) in [5, 5.41) is 0. The monoisotopic (exact) mass is 614 g/mol. The van der Waals surface area contributed by atoms with Gasteiger partial charge in [-0.2, -0.15) is 29.8 Å². The summed E-state index contributed by atoms with van der Waals surface area (Å²) in [4.78, 5) is 25.9. The highest BCUT2D eigenvalue weighted by Crippen LogP contribution is 2.43. The van der Waals surface area contributed by atoms with Crippen molar-refractivity contribution in [3.63, 3.8) is 0 Å². The lowest BCUT2D eigenvalue weighted by atomic mass is 9.79. The van der Waals surface area contributed by atoms with E-state index in [1.165, 1.54) is 12.1 Å². The Morgan fingerprint density at radius 3 is 1.74 bits per heavy atom. The van der Waals surface area contributed by atoms with Crippen molar-refractivity contribution in [2.24, 2.45) is 0 Å². The van der Waals surface area contributed by atoms with Crippen LogP contribution in [-0.4, -0.2) is 98.2 Å². The first-order valence-electron chi connectivity index (χ1n) is 11.7. The molecular weight excluding hydrogens is 582 g/mol. The molecule has 0 unspecified atom stereocenters. The Labute approximate surface area is 227 Å². The topological polar surface area (TPSA) is 219 Å². The molecule has 1 heterocycles. The molecule has 2 rings (SSSR count). The van der Waals surface area contributed by atoms with Crippen molar-refractivity contribution in [2.75, 3.05) is 37.0 Å². The third-order valence-electron chi connectivity index (χ3n) is 6.14. The molecule has 0 aliphatic carbocycles. The van der Waals surface area contributed by atoms with Gasteiger partial charge in [0.2, 0.25) is 5.69 Å². The fourth-order valence-electron chi connectivity index (χ4n) is 4.14. The van der Waals surface area contributed by atoms with E-state index in [0.29, 0.717) is 17.0 Å². The molecule has 14 nitrogen and oxygen atoms in total. The van der Waals surface area contributed by atoms with Gasteiger partial charge < -0.3 is 9.47 Å². The third-order valence-corrected chi connectivity index (χ3v) is 8.56. The highest BCUT2D eigenvalue weighted by molar-refractivity contribution is 7.86. The fourth-order valence-corrected chi connectivity index (χ4v) is 5.60. The van der Waals surface area contributed by atoms with Crippen LogP contribution < -0.4 is 0 Å². The highest BCUT2D eigenvalue weighted by Gasteiger charge is 2.46. The van der Waals surface area contributed by atoms with E-state index in [9.17, 15) is 34.8 Å². The van der Waals surface area contributed by atoms with Gasteiger partial charge in [-0.05, 0) is 32.8 Å². The molecule has 1 aliphatic rings. The average molecular weight is 615 g/mol. The zero-order valence-electron chi connectivity index (χ0n) is 21.6. The molecule has 1 aromatic carbocycles. The molecule has 1 aliphatic heterocycles. The number of carbonyl (C=O) groups excluding carboxylic acids is 2. The van der Waals surface area contributed by atoms with Gasteiger partial charge in [-0.3, -0.25) is 13.7 Å². The fraction of sp³-hybridized carbons (Fsp3) is 0.591. The van der Waals surface area contributed by atoms with E-state index in [1.807, 2.05) is 0 Å². The Hall–Kier alpha value is -2.44. The maximum absolute atomic E-state index is 13.1. The van der Waals surface area contributed by atoms with Crippen LogP contribution >= 0.6 is 0 Å². The largest absolute Gasteiger partial charge is 0.462 e. The van der Waals surface area contributed by atoms with Crippen molar-refractivity contribution in [3.05, 3.63) is 28.8 Å². The molecule has 0 amide bonds. The summed E-state index contributed by atoms with van der Waals surface area (Å²) in [5.74, 6) is -3.58. The first kappa shape index (κ1) is 32.8. The molecule has 0 spiro atoms. The molecule has 0 atom stereocenters. The minimum Gasteiger partial charge on any atom is -0.462 e. The quantitative estimate of drug-likeness (QED) is 0.116. The van der Waals surface area contributed by atoms with Crippen LogP contribution in [0.25, 0.3) is 0 Å². The molecule has 0 bridgehead atoms. The van der Waals surface area contributed by atoms with Crippen molar-refractivity contribution in [2.45, 2.75) is 45.4 Å². The van der Waals surface area contributed by atoms with Gasteiger partial charge in [0.1, 0.15) is 6.54 Å². The summed E-state index contributed by atoms with van der Waals surface area (Å²) >= 11 is 0. The van der Waals surface area contributed by atoms with Gasteiger partial charge >= 0.3 is 11.9 Å². The third kappa shape index (κ3) is 9.61. The molecule has 0 saturated carbocycles. The molecule has 17 heteroatoms. The predicted molar refractivity (Wildman–Crippen MR) is 139 cm³/mol. The van der Waals surface area contributed by atoms with E-state index in [4.69, 9.17) is 23.1 Å². The van der Waals surface area contributed by atoms with E-state index in [0.717, 1.165) is 0 Å². The second kappa shape index (κ2) is 12.4. The second-order valence-corrected chi connectivity index (χ2v) is 14.2. The van der Waals surface area contributed by atoms with Crippen LogP contribution in [0.5, 0.6) is 0 Å². The van der Waals surface area contributed by atoms with Crippen LogP contribution in [-0.2, 0) is 45.2 Å². The molecule has 1 aromatic rings. The van der Waals surface area contributed by atoms with Gasteiger partial charge in [-0.25, -0.2) is 9.59 Å². The molecular formula is C22H32NO13S3+. The van der Waals surface area contributed by atoms with Crippen molar-refractivity contribution in [1.29, 1.82) is 0 Å². The molecule has 0 radical (unpaired) electrons. The van der Waals surface area contributed by atoms with Crippen LogP contribution in [0.15, 0.2) is 12.1 Å². The van der Waals surface area contributed by atoms with Gasteiger partial charge in [0, 0.05) is 19.4 Å². The molecule has 220 valence electrons. The number of fused-ring (bicyclic) bond motifs is 1. The Morgan fingerprint density at radius 1 is 0.795 bits per heavy atom. The minimum atomic E-state index is -4.26. The average Bonchev–Trinajstić information content (AvgIpc) is 2.97. The number of benzene rings is 1. The summed E-state index contributed by atoms with van der Waals surface area (Å²) in [7, 11) is -12.8. The number of rotatable bonds is 14. The van der Waals surface area contributed by atoms with Gasteiger partial charge in [0.05, 0.1) is 52.6 Å². The first-order valence-corrected chi connectivity index (χ1v) is 16.6. The maximum atomic E-state index is 13.1. The molecule has 39 heavy (non-hydrogen) atoms. The lowest BCUT2D eigenvalue weighted by molar-refractivity contribution is -0.438. The first-order chi connectivity index (χ1) is 17.7. The Morgan fingerprint density at radius 2 is 1.26 bits per heavy atom. The van der Waals surface area contributed by atoms with Gasteiger partial charge in [-0.1, -0.05) is 0 Å². The molecule has 0 fully saturated rings.